The summed E-state index contributed by atoms with van der Waals surface area (Å²) in [5.74, 6) is 6.22. The van der Waals surface area contributed by atoms with Gasteiger partial charge in [-0.25, -0.2) is 0 Å². The molecule has 0 heterocycles. The van der Waals surface area contributed by atoms with E-state index >= 15 is 0 Å². The Morgan fingerprint density at radius 1 is 1.38 bits per heavy atom. The zero-order valence-corrected chi connectivity index (χ0v) is 12.5. The van der Waals surface area contributed by atoms with Gasteiger partial charge >= 0.3 is 0 Å². The van der Waals surface area contributed by atoms with Crippen LogP contribution in [0.4, 0.5) is 11.4 Å². The van der Waals surface area contributed by atoms with Gasteiger partial charge in [-0.15, -0.1) is 0 Å². The Morgan fingerprint density at radius 2 is 2.10 bits per heavy atom. The first-order chi connectivity index (χ1) is 10.1. The maximum absolute atomic E-state index is 11.0. The molecule has 0 amide bonds. The number of nitrogen functional groups attached to an aromatic ring is 1. The van der Waals surface area contributed by atoms with E-state index < -0.39 is 4.92 Å². The molecule has 0 unspecified atom stereocenters. The zero-order chi connectivity index (χ0) is 15.2. The van der Waals surface area contributed by atoms with Gasteiger partial charge in [-0.2, -0.15) is 0 Å². The van der Waals surface area contributed by atoms with Crippen LogP contribution in [0.15, 0.2) is 18.2 Å². The number of nitro groups is 1. The second-order valence-corrected chi connectivity index (χ2v) is 5.91. The molecule has 6 heteroatoms. The van der Waals surface area contributed by atoms with Crippen molar-refractivity contribution in [3.63, 3.8) is 0 Å². The zero-order valence-electron chi connectivity index (χ0n) is 12.5. The Bertz CT molecular complexity index is 487. The molecule has 0 atom stereocenters. The van der Waals surface area contributed by atoms with Crippen LogP contribution in [0.1, 0.15) is 37.7 Å². The molecule has 21 heavy (non-hydrogen) atoms. The molecule has 1 aromatic rings. The van der Waals surface area contributed by atoms with Gasteiger partial charge in [0, 0.05) is 19.2 Å². The number of nitrogens with zero attached hydrogens (tertiary/aromatic N) is 2. The van der Waals surface area contributed by atoms with E-state index in [-0.39, 0.29) is 5.69 Å². The molecule has 3 N–H and O–H groups in total. The van der Waals surface area contributed by atoms with Crippen LogP contribution in [0.25, 0.3) is 0 Å². The lowest BCUT2D eigenvalue weighted by Crippen LogP contribution is -2.27. The number of rotatable bonds is 6. The minimum absolute atomic E-state index is 0.0288. The lowest BCUT2D eigenvalue weighted by atomic mass is 9.89. The standard InChI is InChI=1S/C15H24N4O2/c1-18(10-12-6-3-2-4-7-12)11-13-8-5-9-14(19(20)21)15(13)17-16/h5,8-9,12,17H,2-4,6-7,10-11,16H2,1H3. The summed E-state index contributed by atoms with van der Waals surface area (Å²) in [6.45, 7) is 1.70. The number of nitro benzene ring substituents is 1. The smallest absolute Gasteiger partial charge is 0.293 e. The summed E-state index contributed by atoms with van der Waals surface area (Å²) >= 11 is 0. The van der Waals surface area contributed by atoms with Gasteiger partial charge in [-0.1, -0.05) is 31.4 Å². The van der Waals surface area contributed by atoms with Crippen molar-refractivity contribution in [2.45, 2.75) is 38.6 Å². The summed E-state index contributed by atoms with van der Waals surface area (Å²) in [6, 6.07) is 5.07. The monoisotopic (exact) mass is 292 g/mol. The first kappa shape index (κ1) is 15.7. The lowest BCUT2D eigenvalue weighted by molar-refractivity contribution is -0.384. The SMILES string of the molecule is CN(Cc1cccc([N+](=O)[O-])c1NN)CC1CCCCC1. The lowest BCUT2D eigenvalue weighted by Gasteiger charge is -2.27. The van der Waals surface area contributed by atoms with Crippen molar-refractivity contribution in [1.82, 2.24) is 4.90 Å². The molecule has 0 bridgehead atoms. The summed E-state index contributed by atoms with van der Waals surface area (Å²) in [4.78, 5) is 12.9. The fourth-order valence-corrected chi connectivity index (χ4v) is 3.20. The van der Waals surface area contributed by atoms with Crippen molar-refractivity contribution in [1.29, 1.82) is 0 Å². The van der Waals surface area contributed by atoms with E-state index in [0.29, 0.717) is 12.2 Å². The van der Waals surface area contributed by atoms with Crippen LogP contribution in [0, 0.1) is 16.0 Å². The van der Waals surface area contributed by atoms with Gasteiger partial charge in [0.15, 0.2) is 0 Å². The van der Waals surface area contributed by atoms with Crippen molar-refractivity contribution in [3.05, 3.63) is 33.9 Å². The summed E-state index contributed by atoms with van der Waals surface area (Å²) in [5.41, 5.74) is 3.80. The Kier molecular flexibility index (Phi) is 5.52. The topological polar surface area (TPSA) is 84.4 Å². The minimum atomic E-state index is -0.403. The molecule has 1 saturated carbocycles. The molecule has 1 aliphatic carbocycles. The molecule has 2 rings (SSSR count). The maximum Gasteiger partial charge on any atom is 0.293 e. The van der Waals surface area contributed by atoms with Crippen LogP contribution in [-0.4, -0.2) is 23.4 Å². The van der Waals surface area contributed by atoms with Gasteiger partial charge in [-0.3, -0.25) is 16.0 Å². The van der Waals surface area contributed by atoms with E-state index in [1.54, 1.807) is 6.07 Å². The Morgan fingerprint density at radius 3 is 2.71 bits per heavy atom. The summed E-state index contributed by atoms with van der Waals surface area (Å²) in [6.07, 6.45) is 6.59. The second kappa shape index (κ2) is 7.38. The van der Waals surface area contributed by atoms with Crippen molar-refractivity contribution < 1.29 is 4.92 Å². The third-order valence-corrected chi connectivity index (χ3v) is 4.20. The first-order valence-corrected chi connectivity index (χ1v) is 7.53. The maximum atomic E-state index is 11.0. The van der Waals surface area contributed by atoms with E-state index in [1.807, 2.05) is 6.07 Å². The van der Waals surface area contributed by atoms with Gasteiger partial charge in [0.1, 0.15) is 5.69 Å². The van der Waals surface area contributed by atoms with E-state index in [4.69, 9.17) is 5.84 Å². The molecular weight excluding hydrogens is 268 g/mol. The van der Waals surface area contributed by atoms with E-state index in [1.165, 1.54) is 38.2 Å². The predicted octanol–water partition coefficient (Wildman–Crippen LogP) is 2.89. The van der Waals surface area contributed by atoms with Crippen LogP contribution in [-0.2, 0) is 6.54 Å². The number of para-hydroxylation sites is 1. The predicted molar refractivity (Wildman–Crippen MR) is 83.8 cm³/mol. The van der Waals surface area contributed by atoms with E-state index in [2.05, 4.69) is 17.4 Å². The third kappa shape index (κ3) is 4.15. The van der Waals surface area contributed by atoms with Crippen molar-refractivity contribution in [3.8, 4) is 0 Å². The summed E-state index contributed by atoms with van der Waals surface area (Å²) in [5, 5.41) is 11.0. The fourth-order valence-electron chi connectivity index (χ4n) is 3.20. The Labute approximate surface area is 125 Å². The Hall–Kier alpha value is -1.66. The molecule has 116 valence electrons. The molecule has 1 aliphatic rings. The number of anilines is 1. The number of hydrogen-bond acceptors (Lipinski definition) is 5. The quantitative estimate of drug-likeness (QED) is 0.478. The van der Waals surface area contributed by atoms with Crippen molar-refractivity contribution in [2.75, 3.05) is 19.0 Å². The van der Waals surface area contributed by atoms with Gasteiger partial charge in [0.25, 0.3) is 5.69 Å². The summed E-state index contributed by atoms with van der Waals surface area (Å²) in [7, 11) is 2.06. The molecule has 6 nitrogen and oxygen atoms in total. The molecule has 0 spiro atoms. The number of hydrogen-bond donors (Lipinski definition) is 2. The highest BCUT2D eigenvalue weighted by Crippen LogP contribution is 2.29. The number of benzene rings is 1. The third-order valence-electron chi connectivity index (χ3n) is 4.20. The van der Waals surface area contributed by atoms with Crippen molar-refractivity contribution in [2.24, 2.45) is 11.8 Å². The van der Waals surface area contributed by atoms with Gasteiger partial charge in [-0.05, 0) is 31.4 Å². The number of hydrazine groups is 1. The average molecular weight is 292 g/mol. The van der Waals surface area contributed by atoms with Crippen LogP contribution in [0.3, 0.4) is 0 Å². The van der Waals surface area contributed by atoms with Crippen LogP contribution < -0.4 is 11.3 Å². The average Bonchev–Trinajstić information content (AvgIpc) is 2.47. The molecule has 1 fully saturated rings. The van der Waals surface area contributed by atoms with Gasteiger partial charge in [0.05, 0.1) is 4.92 Å². The highest BCUT2D eigenvalue weighted by molar-refractivity contribution is 5.65. The first-order valence-electron chi connectivity index (χ1n) is 7.53. The van der Waals surface area contributed by atoms with Gasteiger partial charge < -0.3 is 10.3 Å². The summed E-state index contributed by atoms with van der Waals surface area (Å²) < 4.78 is 0. The number of nitrogens with one attached hydrogen (secondary N) is 1. The molecule has 0 aromatic heterocycles. The Balaban J connectivity index is 2.04. The van der Waals surface area contributed by atoms with Crippen LogP contribution in [0.5, 0.6) is 0 Å². The van der Waals surface area contributed by atoms with Crippen molar-refractivity contribution >= 4 is 11.4 Å². The van der Waals surface area contributed by atoms with E-state index in [0.717, 1.165) is 18.0 Å². The molecule has 0 radical (unpaired) electrons. The highest BCUT2D eigenvalue weighted by atomic mass is 16.6. The molecule has 0 saturated heterocycles. The molecular formula is C15H24N4O2. The molecule has 1 aromatic carbocycles. The highest BCUT2D eigenvalue weighted by Gasteiger charge is 2.19. The number of nitrogens with two attached hydrogens (primary N) is 1. The van der Waals surface area contributed by atoms with Crippen LogP contribution >= 0.6 is 0 Å². The largest absolute Gasteiger partial charge is 0.318 e. The van der Waals surface area contributed by atoms with Crippen LogP contribution in [0.2, 0.25) is 0 Å². The van der Waals surface area contributed by atoms with E-state index in [9.17, 15) is 10.1 Å². The van der Waals surface area contributed by atoms with Gasteiger partial charge in [0.2, 0.25) is 0 Å². The fraction of sp³-hybridized carbons (Fsp3) is 0.600. The molecule has 0 aliphatic heterocycles. The normalized spacial score (nSPS) is 16.1. The second-order valence-electron chi connectivity index (χ2n) is 5.91. The minimum Gasteiger partial charge on any atom is -0.318 e.